The van der Waals surface area contributed by atoms with Gasteiger partial charge in [0.2, 0.25) is 0 Å². The van der Waals surface area contributed by atoms with E-state index in [1.54, 1.807) is 38.3 Å². The van der Waals surface area contributed by atoms with Gasteiger partial charge in [0.15, 0.2) is 11.5 Å². The topological polar surface area (TPSA) is 38.8 Å². The van der Waals surface area contributed by atoms with E-state index in [1.165, 1.54) is 23.5 Å². The van der Waals surface area contributed by atoms with Gasteiger partial charge in [-0.05, 0) is 24.3 Å². The molecule has 136 valence electrons. The van der Waals surface area contributed by atoms with Crippen molar-refractivity contribution >= 4 is 38.9 Å². The number of amides is 1. The molecule has 0 spiro atoms. The van der Waals surface area contributed by atoms with Gasteiger partial charge in [-0.2, -0.15) is 0 Å². The van der Waals surface area contributed by atoms with Gasteiger partial charge in [0.05, 0.1) is 19.2 Å². The number of ether oxygens (including phenoxy) is 2. The zero-order valence-corrected chi connectivity index (χ0v) is 16.1. The largest absolute Gasteiger partial charge is 0.493 e. The number of thiophene rings is 1. The van der Waals surface area contributed by atoms with E-state index in [2.05, 4.69) is 0 Å². The Morgan fingerprint density at radius 2 is 2.00 bits per heavy atom. The number of fused-ring (bicyclic) bond motifs is 1. The summed E-state index contributed by atoms with van der Waals surface area (Å²) in [5, 5.41) is 1.02. The van der Waals surface area contributed by atoms with Gasteiger partial charge in [-0.1, -0.05) is 23.7 Å². The van der Waals surface area contributed by atoms with E-state index >= 15 is 0 Å². The van der Waals surface area contributed by atoms with Gasteiger partial charge in [-0.3, -0.25) is 4.79 Å². The second-order valence-corrected chi connectivity index (χ2v) is 7.13. The van der Waals surface area contributed by atoms with Crippen LogP contribution < -0.4 is 9.47 Å². The summed E-state index contributed by atoms with van der Waals surface area (Å²) in [6, 6.07) is 9.80. The Labute approximate surface area is 159 Å². The van der Waals surface area contributed by atoms with E-state index in [-0.39, 0.29) is 11.7 Å². The van der Waals surface area contributed by atoms with Crippen molar-refractivity contribution in [1.82, 2.24) is 4.90 Å². The normalized spacial score (nSPS) is 10.8. The van der Waals surface area contributed by atoms with Crippen LogP contribution in [0.3, 0.4) is 0 Å². The quantitative estimate of drug-likeness (QED) is 0.613. The monoisotopic (exact) mass is 393 g/mol. The molecular formula is C19H17ClFNO3S. The third-order valence-electron chi connectivity index (χ3n) is 4.02. The molecule has 3 rings (SSSR count). The van der Waals surface area contributed by atoms with Gasteiger partial charge in [0.1, 0.15) is 10.7 Å². The number of rotatable bonds is 5. The van der Waals surface area contributed by atoms with E-state index in [1.807, 2.05) is 12.1 Å². The standard InChI is InChI=1S/C19H17ClFNO3S/c1-22(10-11-5-4-6-14(24-2)17(11)25-3)19(23)18-16(20)13-8-7-12(21)9-15(13)26-18/h4-9H,10H2,1-3H3. The van der Waals surface area contributed by atoms with E-state index in [0.29, 0.717) is 38.0 Å². The lowest BCUT2D eigenvalue weighted by atomic mass is 10.1. The van der Waals surface area contributed by atoms with Gasteiger partial charge < -0.3 is 14.4 Å². The van der Waals surface area contributed by atoms with Crippen LogP contribution in [0.2, 0.25) is 5.02 Å². The van der Waals surface area contributed by atoms with Crippen molar-refractivity contribution in [2.24, 2.45) is 0 Å². The van der Waals surface area contributed by atoms with Gasteiger partial charge in [0, 0.05) is 29.2 Å². The molecule has 0 atom stereocenters. The van der Waals surface area contributed by atoms with Gasteiger partial charge in [0.25, 0.3) is 5.91 Å². The first-order chi connectivity index (χ1) is 12.5. The highest BCUT2D eigenvalue weighted by molar-refractivity contribution is 7.21. The SMILES string of the molecule is COc1cccc(CN(C)C(=O)c2sc3cc(F)ccc3c2Cl)c1OC. The molecule has 0 N–H and O–H groups in total. The fraction of sp³-hybridized carbons (Fsp3) is 0.211. The van der Waals surface area contributed by atoms with E-state index < -0.39 is 0 Å². The molecule has 0 radical (unpaired) electrons. The molecule has 0 aliphatic heterocycles. The number of benzene rings is 2. The molecule has 3 aromatic rings. The number of halogens is 2. The molecule has 0 bridgehead atoms. The summed E-state index contributed by atoms with van der Waals surface area (Å²) in [6.07, 6.45) is 0. The number of carbonyl (C=O) groups excluding carboxylic acids is 1. The summed E-state index contributed by atoms with van der Waals surface area (Å²) < 4.78 is 24.8. The number of carbonyl (C=O) groups is 1. The maximum Gasteiger partial charge on any atom is 0.265 e. The lowest BCUT2D eigenvalue weighted by molar-refractivity contribution is 0.0789. The van der Waals surface area contributed by atoms with Crippen LogP contribution in [0.25, 0.3) is 10.1 Å². The van der Waals surface area contributed by atoms with Crippen LogP contribution in [-0.4, -0.2) is 32.1 Å². The molecule has 1 amide bonds. The number of methoxy groups -OCH3 is 2. The predicted octanol–water partition coefficient (Wildman–Crippen LogP) is 4.98. The molecule has 26 heavy (non-hydrogen) atoms. The lowest BCUT2D eigenvalue weighted by Crippen LogP contribution is -2.26. The Kier molecular flexibility index (Phi) is 5.34. The summed E-state index contributed by atoms with van der Waals surface area (Å²) in [6.45, 7) is 0.318. The first kappa shape index (κ1) is 18.5. The zero-order chi connectivity index (χ0) is 18.8. The minimum Gasteiger partial charge on any atom is -0.493 e. The summed E-state index contributed by atoms with van der Waals surface area (Å²) in [7, 11) is 4.80. The molecule has 2 aromatic carbocycles. The van der Waals surface area contributed by atoms with E-state index in [0.717, 1.165) is 5.56 Å². The van der Waals surface area contributed by atoms with Crippen LogP contribution >= 0.6 is 22.9 Å². The smallest absolute Gasteiger partial charge is 0.265 e. The molecular weight excluding hydrogens is 377 g/mol. The molecule has 0 aliphatic carbocycles. The first-order valence-electron chi connectivity index (χ1n) is 7.79. The first-order valence-corrected chi connectivity index (χ1v) is 8.98. The maximum atomic E-state index is 13.4. The third kappa shape index (κ3) is 3.34. The molecule has 4 nitrogen and oxygen atoms in total. The summed E-state index contributed by atoms with van der Waals surface area (Å²) >= 11 is 7.54. The summed E-state index contributed by atoms with van der Waals surface area (Å²) in [5.74, 6) is 0.589. The van der Waals surface area contributed by atoms with Crippen LogP contribution in [-0.2, 0) is 6.54 Å². The maximum absolute atomic E-state index is 13.4. The van der Waals surface area contributed by atoms with Gasteiger partial charge in [-0.25, -0.2) is 4.39 Å². The molecule has 0 saturated carbocycles. The highest BCUT2D eigenvalue weighted by Crippen LogP contribution is 2.37. The van der Waals surface area contributed by atoms with Crippen LogP contribution in [0, 0.1) is 5.82 Å². The van der Waals surface area contributed by atoms with Crippen molar-refractivity contribution in [3.05, 3.63) is 57.7 Å². The molecule has 1 heterocycles. The lowest BCUT2D eigenvalue weighted by Gasteiger charge is -2.19. The molecule has 7 heteroatoms. The van der Waals surface area contributed by atoms with Crippen LogP contribution in [0.5, 0.6) is 11.5 Å². The molecule has 1 aromatic heterocycles. The zero-order valence-electron chi connectivity index (χ0n) is 14.5. The van der Waals surface area contributed by atoms with Gasteiger partial charge >= 0.3 is 0 Å². The Morgan fingerprint density at radius 3 is 2.69 bits per heavy atom. The van der Waals surface area contributed by atoms with Crippen molar-refractivity contribution in [1.29, 1.82) is 0 Å². The predicted molar refractivity (Wildman–Crippen MR) is 102 cm³/mol. The van der Waals surface area contributed by atoms with Gasteiger partial charge in [-0.15, -0.1) is 11.3 Å². The fourth-order valence-electron chi connectivity index (χ4n) is 2.76. The van der Waals surface area contributed by atoms with Crippen molar-refractivity contribution in [2.75, 3.05) is 21.3 Å². The van der Waals surface area contributed by atoms with E-state index in [9.17, 15) is 9.18 Å². The highest BCUT2D eigenvalue weighted by Gasteiger charge is 2.22. The van der Waals surface area contributed by atoms with Crippen LogP contribution in [0.1, 0.15) is 15.2 Å². The van der Waals surface area contributed by atoms with E-state index in [4.69, 9.17) is 21.1 Å². The molecule has 0 aliphatic rings. The minimum atomic E-state index is -0.358. The number of hydrogen-bond acceptors (Lipinski definition) is 4. The number of para-hydroxylation sites is 1. The second kappa shape index (κ2) is 7.51. The van der Waals surface area contributed by atoms with Crippen LogP contribution in [0.15, 0.2) is 36.4 Å². The Hall–Kier alpha value is -2.31. The molecule has 0 saturated heterocycles. The summed E-state index contributed by atoms with van der Waals surface area (Å²) in [4.78, 5) is 14.8. The number of hydrogen-bond donors (Lipinski definition) is 0. The number of nitrogens with zero attached hydrogens (tertiary/aromatic N) is 1. The second-order valence-electron chi connectivity index (χ2n) is 5.70. The average Bonchev–Trinajstić information content (AvgIpc) is 2.96. The molecule has 0 fully saturated rings. The summed E-state index contributed by atoms with van der Waals surface area (Å²) in [5.41, 5.74) is 0.811. The fourth-order valence-corrected chi connectivity index (χ4v) is 4.29. The average molecular weight is 394 g/mol. The minimum absolute atomic E-state index is 0.235. The van der Waals surface area contributed by atoms with Crippen molar-refractivity contribution < 1.29 is 18.7 Å². The Balaban J connectivity index is 1.90. The Bertz CT molecular complexity index is 973. The van der Waals surface area contributed by atoms with Crippen molar-refractivity contribution in [2.45, 2.75) is 6.54 Å². The Morgan fingerprint density at radius 1 is 1.23 bits per heavy atom. The highest BCUT2D eigenvalue weighted by atomic mass is 35.5. The third-order valence-corrected chi connectivity index (χ3v) is 5.67. The van der Waals surface area contributed by atoms with Crippen molar-refractivity contribution in [3.8, 4) is 11.5 Å². The molecule has 0 unspecified atom stereocenters. The van der Waals surface area contributed by atoms with Crippen molar-refractivity contribution in [3.63, 3.8) is 0 Å². The van der Waals surface area contributed by atoms with Crippen LogP contribution in [0.4, 0.5) is 4.39 Å².